The number of carbonyl (C=O) groups excluding carboxylic acids is 2. The minimum atomic E-state index is -4.66. The van der Waals surface area contributed by atoms with Crippen molar-refractivity contribution in [2.75, 3.05) is 24.6 Å². The fraction of sp³-hybridized carbons (Fsp3) is 0.350. The van der Waals surface area contributed by atoms with E-state index in [4.69, 9.17) is 19.4 Å². The number of thioether (sulfide) groups is 1. The topological polar surface area (TPSA) is 217 Å². The van der Waals surface area contributed by atoms with Gasteiger partial charge in [0, 0.05) is 35.0 Å². The van der Waals surface area contributed by atoms with Crippen LogP contribution in [0.2, 0.25) is 0 Å². The van der Waals surface area contributed by atoms with Crippen LogP contribution in [0.15, 0.2) is 41.0 Å². The summed E-state index contributed by atoms with van der Waals surface area (Å²) in [7, 11) is -3.13. The van der Waals surface area contributed by atoms with Gasteiger partial charge >= 0.3 is 13.7 Å². The van der Waals surface area contributed by atoms with Crippen LogP contribution in [0.25, 0.3) is 0 Å². The van der Waals surface area contributed by atoms with Gasteiger partial charge in [0.05, 0.1) is 7.11 Å². The number of oxime groups is 1. The largest absolute Gasteiger partial charge is 0.496 e. The molecule has 0 saturated carbocycles. The average molecular weight is 601 g/mol. The number of aliphatic carboxylic acids is 1. The minimum Gasteiger partial charge on any atom is -0.496 e. The molecule has 1 saturated heterocycles. The molecule has 2 aliphatic heterocycles. The summed E-state index contributed by atoms with van der Waals surface area (Å²) in [6.07, 6.45) is 3.46. The van der Waals surface area contributed by atoms with Crippen molar-refractivity contribution in [3.8, 4) is 5.75 Å². The molecule has 16 nitrogen and oxygen atoms in total. The molecular formula is C20H23N7O9PS2+. The molecule has 0 bridgehead atoms. The summed E-state index contributed by atoms with van der Waals surface area (Å²) < 4.78 is 21.9. The second kappa shape index (κ2) is 11.7. The molecule has 0 spiro atoms. The first-order valence-corrected chi connectivity index (χ1v) is 14.6. The summed E-state index contributed by atoms with van der Waals surface area (Å²) in [5, 5.41) is 17.0. The lowest BCUT2D eigenvalue weighted by molar-refractivity contribution is -0.689. The number of aromatic nitrogens is 3. The van der Waals surface area contributed by atoms with Gasteiger partial charge in [-0.15, -0.1) is 11.8 Å². The van der Waals surface area contributed by atoms with Crippen LogP contribution in [-0.4, -0.2) is 83.5 Å². The number of rotatable bonds is 11. The van der Waals surface area contributed by atoms with Crippen molar-refractivity contribution in [3.63, 3.8) is 0 Å². The van der Waals surface area contributed by atoms with E-state index in [2.05, 4.69) is 19.8 Å². The van der Waals surface area contributed by atoms with E-state index in [0.717, 1.165) is 4.90 Å². The summed E-state index contributed by atoms with van der Waals surface area (Å²) >= 11 is 1.87. The Balaban J connectivity index is 1.51. The van der Waals surface area contributed by atoms with Crippen LogP contribution in [0.1, 0.15) is 12.7 Å². The number of pyridine rings is 1. The number of carboxylic acids is 1. The first kappa shape index (κ1) is 28.4. The van der Waals surface area contributed by atoms with Gasteiger partial charge in [-0.25, -0.2) is 13.9 Å². The number of fused-ring (bicyclic) bond motifs is 1. The standard InChI is InChI=1S/C20H22N7O9PS2/c1-3-36-23-12(15-22-20(39-25-15)24-37(32,33)34)16(28)21-13-17(29)27-14(19(30)31)10(9-38-18(13)27)8-26-6-4-11(35-2)5-7-26/h4-7,13,18H,3,8-9H2,1-2H3,(H4-,21,22,24,25,28,30,31,32,33,34)/p+1/t13?,18-/m0/s1. The highest BCUT2D eigenvalue weighted by Crippen LogP contribution is 2.40. The van der Waals surface area contributed by atoms with Crippen molar-refractivity contribution in [3.05, 3.63) is 41.6 Å². The van der Waals surface area contributed by atoms with Crippen LogP contribution in [0.3, 0.4) is 0 Å². The van der Waals surface area contributed by atoms with E-state index in [-0.39, 0.29) is 29.8 Å². The molecule has 2 aromatic rings. The molecule has 208 valence electrons. The van der Waals surface area contributed by atoms with Crippen molar-refractivity contribution in [2.45, 2.75) is 24.9 Å². The summed E-state index contributed by atoms with van der Waals surface area (Å²) in [6, 6.07) is 2.39. The van der Waals surface area contributed by atoms with E-state index >= 15 is 0 Å². The summed E-state index contributed by atoms with van der Waals surface area (Å²) in [4.78, 5) is 66.3. The smallest absolute Gasteiger partial charge is 0.429 e. The molecule has 0 aliphatic carbocycles. The predicted octanol–water partition coefficient (Wildman–Crippen LogP) is -0.482. The van der Waals surface area contributed by atoms with Gasteiger partial charge in [-0.2, -0.15) is 9.36 Å². The third-order valence-corrected chi connectivity index (χ3v) is 8.01. The van der Waals surface area contributed by atoms with E-state index in [1.54, 1.807) is 36.0 Å². The number of amides is 2. The quantitative estimate of drug-likeness (QED) is 0.0725. The predicted molar refractivity (Wildman–Crippen MR) is 137 cm³/mol. The average Bonchev–Trinajstić information content (AvgIpc) is 3.33. The highest BCUT2D eigenvalue weighted by atomic mass is 32.2. The van der Waals surface area contributed by atoms with Gasteiger partial charge in [0.1, 0.15) is 29.5 Å². The van der Waals surface area contributed by atoms with Gasteiger partial charge in [-0.05, 0) is 6.92 Å². The van der Waals surface area contributed by atoms with Crippen molar-refractivity contribution in [1.29, 1.82) is 0 Å². The molecular weight excluding hydrogens is 577 g/mol. The summed E-state index contributed by atoms with van der Waals surface area (Å²) in [5.41, 5.74) is -0.0491. The normalized spacial score (nSPS) is 19.2. The minimum absolute atomic E-state index is 0.0882. The molecule has 2 aliphatic rings. The van der Waals surface area contributed by atoms with Crippen molar-refractivity contribution in [2.24, 2.45) is 5.16 Å². The number of hydrogen-bond donors (Lipinski definition) is 5. The molecule has 2 atom stereocenters. The number of nitrogens with one attached hydrogen (secondary N) is 2. The Morgan fingerprint density at radius 1 is 1.33 bits per heavy atom. The van der Waals surface area contributed by atoms with Gasteiger partial charge < -0.3 is 29.8 Å². The number of β-lactam (4-membered cyclic amide) rings is 1. The van der Waals surface area contributed by atoms with Crippen molar-refractivity contribution >= 4 is 59.7 Å². The highest BCUT2D eigenvalue weighted by Gasteiger charge is 2.55. The number of hydrogen-bond acceptors (Lipinski definition) is 11. The number of carboxylic acid groups (broad SMARTS) is 1. The van der Waals surface area contributed by atoms with Crippen LogP contribution in [0.5, 0.6) is 5.75 Å². The van der Waals surface area contributed by atoms with E-state index < -0.39 is 42.7 Å². The zero-order chi connectivity index (χ0) is 28.3. The maximum absolute atomic E-state index is 13.0. The third-order valence-electron chi connectivity index (χ3n) is 5.39. The van der Waals surface area contributed by atoms with Gasteiger partial charge in [0.15, 0.2) is 18.9 Å². The Kier molecular flexibility index (Phi) is 8.51. The molecule has 1 unspecified atom stereocenters. The lowest BCUT2D eigenvalue weighted by Crippen LogP contribution is -2.71. The van der Waals surface area contributed by atoms with Crippen LogP contribution in [-0.2, 0) is 30.3 Å². The second-order valence-corrected chi connectivity index (χ2v) is 11.1. The fourth-order valence-corrected chi connectivity index (χ4v) is 6.30. The molecule has 2 amide bonds. The molecule has 4 rings (SSSR count). The monoisotopic (exact) mass is 600 g/mol. The Morgan fingerprint density at radius 2 is 2.05 bits per heavy atom. The maximum atomic E-state index is 13.0. The van der Waals surface area contributed by atoms with Crippen LogP contribution >= 0.6 is 31.0 Å². The fourth-order valence-electron chi connectivity index (χ4n) is 3.72. The van der Waals surface area contributed by atoms with Gasteiger partial charge in [0.2, 0.25) is 16.7 Å². The summed E-state index contributed by atoms with van der Waals surface area (Å²) in [6.45, 7) is 1.94. The Labute approximate surface area is 229 Å². The van der Waals surface area contributed by atoms with Crippen molar-refractivity contribution in [1.82, 2.24) is 19.6 Å². The van der Waals surface area contributed by atoms with E-state index in [1.165, 1.54) is 18.9 Å². The van der Waals surface area contributed by atoms with Gasteiger partial charge in [-0.1, -0.05) is 5.16 Å². The number of anilines is 1. The van der Waals surface area contributed by atoms with Crippen molar-refractivity contribution < 1.29 is 48.0 Å². The molecule has 5 N–H and O–H groups in total. The first-order chi connectivity index (χ1) is 18.5. The second-order valence-electron chi connectivity index (χ2n) is 7.97. The van der Waals surface area contributed by atoms with E-state index in [1.807, 2.05) is 5.09 Å². The summed E-state index contributed by atoms with van der Waals surface area (Å²) in [5.74, 6) is -2.12. The Bertz CT molecular complexity index is 1390. The molecule has 0 aromatic carbocycles. The number of carbonyl (C=O) groups is 3. The Hall–Kier alpha value is -3.57. The molecule has 2 aromatic heterocycles. The van der Waals surface area contributed by atoms with Gasteiger partial charge in [0.25, 0.3) is 11.8 Å². The maximum Gasteiger partial charge on any atom is 0.429 e. The molecule has 19 heteroatoms. The van der Waals surface area contributed by atoms with E-state index in [0.29, 0.717) is 28.6 Å². The molecule has 0 radical (unpaired) electrons. The van der Waals surface area contributed by atoms with Crippen LogP contribution in [0.4, 0.5) is 5.13 Å². The van der Waals surface area contributed by atoms with E-state index in [9.17, 15) is 24.1 Å². The zero-order valence-electron chi connectivity index (χ0n) is 20.4. The zero-order valence-corrected chi connectivity index (χ0v) is 22.9. The lowest BCUT2D eigenvalue weighted by atomic mass is 10.0. The molecule has 39 heavy (non-hydrogen) atoms. The highest BCUT2D eigenvalue weighted by molar-refractivity contribution is 8.00. The SMILES string of the molecule is CCON=C(C(=O)NC1C(=O)N2C(C(=O)O)=C(C[n+]3ccc(OC)cc3)CS[C@@H]12)c1nsc(NP(=O)(O)O)n1. The van der Waals surface area contributed by atoms with Gasteiger partial charge in [-0.3, -0.25) is 19.6 Å². The number of ether oxygens (including phenoxy) is 1. The molecule has 4 heterocycles. The third kappa shape index (κ3) is 6.36. The Morgan fingerprint density at radius 3 is 2.67 bits per heavy atom. The molecule has 1 fully saturated rings. The number of methoxy groups -OCH3 is 1. The lowest BCUT2D eigenvalue weighted by Gasteiger charge is -2.49. The van der Waals surface area contributed by atoms with Crippen LogP contribution in [0, 0.1) is 0 Å². The first-order valence-electron chi connectivity index (χ1n) is 11.1. The number of nitrogens with zero attached hydrogens (tertiary/aromatic N) is 5. The van der Waals surface area contributed by atoms with Crippen LogP contribution < -0.4 is 19.7 Å².